The molecule has 0 radical (unpaired) electrons. The van der Waals surface area contributed by atoms with Gasteiger partial charge in [-0.25, -0.2) is 0 Å². The van der Waals surface area contributed by atoms with Crippen molar-refractivity contribution in [2.45, 2.75) is 6.61 Å². The van der Waals surface area contributed by atoms with Gasteiger partial charge >= 0.3 is 0 Å². The van der Waals surface area contributed by atoms with Gasteiger partial charge in [-0.05, 0) is 34.1 Å². The van der Waals surface area contributed by atoms with Crippen LogP contribution in [0.5, 0.6) is 5.75 Å². The Morgan fingerprint density at radius 1 is 1.17 bits per heavy atom. The quantitative estimate of drug-likeness (QED) is 0.801. The molecule has 2 rings (SSSR count). The fourth-order valence-electron chi connectivity index (χ4n) is 1.45. The first-order chi connectivity index (χ1) is 8.58. The summed E-state index contributed by atoms with van der Waals surface area (Å²) < 4.78 is 6.51. The predicted molar refractivity (Wildman–Crippen MR) is 79.3 cm³/mol. The van der Waals surface area contributed by atoms with Gasteiger partial charge in [0.1, 0.15) is 12.4 Å². The third kappa shape index (κ3) is 3.10. The second kappa shape index (κ2) is 5.83. The van der Waals surface area contributed by atoms with Gasteiger partial charge < -0.3 is 10.5 Å². The number of benzene rings is 2. The minimum Gasteiger partial charge on any atom is -0.488 e. The third-order valence-electron chi connectivity index (χ3n) is 2.37. The Kier molecular flexibility index (Phi) is 4.38. The van der Waals surface area contributed by atoms with Crippen LogP contribution in [0.4, 0.5) is 5.69 Å². The van der Waals surface area contributed by atoms with Crippen LogP contribution in [0, 0.1) is 0 Å². The van der Waals surface area contributed by atoms with Gasteiger partial charge in [0.05, 0.1) is 14.5 Å². The highest BCUT2D eigenvalue weighted by Crippen LogP contribution is 2.30. The van der Waals surface area contributed by atoms with E-state index in [0.717, 1.165) is 10.0 Å². The molecule has 0 aliphatic rings. The lowest BCUT2D eigenvalue weighted by atomic mass is 10.2. The molecule has 0 heterocycles. The molecule has 2 nitrogen and oxygen atoms in total. The maximum Gasteiger partial charge on any atom is 0.136 e. The minimum atomic E-state index is 0.335. The predicted octanol–water partition coefficient (Wildman–Crippen LogP) is 4.92. The average Bonchev–Trinajstić information content (AvgIpc) is 2.35. The Morgan fingerprint density at radius 3 is 2.72 bits per heavy atom. The summed E-state index contributed by atoms with van der Waals surface area (Å²) in [4.78, 5) is 0. The van der Waals surface area contributed by atoms with Crippen molar-refractivity contribution in [3.8, 4) is 5.75 Å². The highest BCUT2D eigenvalue weighted by molar-refractivity contribution is 9.10. The van der Waals surface area contributed by atoms with Crippen LogP contribution in [0.15, 0.2) is 40.9 Å². The van der Waals surface area contributed by atoms with E-state index in [2.05, 4.69) is 15.9 Å². The molecule has 0 amide bonds. The summed E-state index contributed by atoms with van der Waals surface area (Å²) in [5.74, 6) is 0.672. The number of ether oxygens (including phenoxy) is 1. The van der Waals surface area contributed by atoms with Crippen molar-refractivity contribution < 1.29 is 4.74 Å². The van der Waals surface area contributed by atoms with Gasteiger partial charge in [-0.1, -0.05) is 35.3 Å². The zero-order valence-electron chi connectivity index (χ0n) is 9.29. The van der Waals surface area contributed by atoms with Crippen molar-refractivity contribution in [3.05, 3.63) is 56.5 Å². The lowest BCUT2D eigenvalue weighted by Crippen LogP contribution is -1.98. The van der Waals surface area contributed by atoms with E-state index in [4.69, 9.17) is 33.7 Å². The Balaban J connectivity index is 2.16. The fourth-order valence-corrected chi connectivity index (χ4v) is 2.18. The van der Waals surface area contributed by atoms with Crippen LogP contribution in [0.3, 0.4) is 0 Å². The first kappa shape index (κ1) is 13.5. The van der Waals surface area contributed by atoms with Crippen LogP contribution in [-0.2, 0) is 6.61 Å². The molecule has 0 aliphatic carbocycles. The summed E-state index contributed by atoms with van der Waals surface area (Å²) in [6.07, 6.45) is 0. The Labute approximate surface area is 124 Å². The molecule has 2 N–H and O–H groups in total. The van der Waals surface area contributed by atoms with Gasteiger partial charge in [0.15, 0.2) is 0 Å². The van der Waals surface area contributed by atoms with Crippen molar-refractivity contribution in [2.75, 3.05) is 5.73 Å². The van der Waals surface area contributed by atoms with Crippen LogP contribution in [-0.4, -0.2) is 0 Å². The van der Waals surface area contributed by atoms with E-state index in [0.29, 0.717) is 28.1 Å². The second-order valence-electron chi connectivity index (χ2n) is 3.69. The molecule has 94 valence electrons. The van der Waals surface area contributed by atoms with E-state index >= 15 is 0 Å². The van der Waals surface area contributed by atoms with Crippen molar-refractivity contribution in [1.82, 2.24) is 0 Å². The summed E-state index contributed by atoms with van der Waals surface area (Å²) in [7, 11) is 0. The highest BCUT2D eigenvalue weighted by Gasteiger charge is 2.07. The highest BCUT2D eigenvalue weighted by atomic mass is 79.9. The maximum atomic E-state index is 6.08. The number of rotatable bonds is 3. The van der Waals surface area contributed by atoms with Crippen molar-refractivity contribution in [1.29, 1.82) is 0 Å². The third-order valence-corrected chi connectivity index (χ3v) is 3.88. The molecule has 0 aliphatic heterocycles. The van der Waals surface area contributed by atoms with Gasteiger partial charge in [-0.2, -0.15) is 0 Å². The minimum absolute atomic E-state index is 0.335. The monoisotopic (exact) mass is 345 g/mol. The zero-order chi connectivity index (χ0) is 13.1. The molecule has 2 aromatic rings. The summed E-state index contributed by atoms with van der Waals surface area (Å²) in [6.45, 7) is 0.335. The molecule has 2 aromatic carbocycles. The largest absolute Gasteiger partial charge is 0.488 e. The maximum absolute atomic E-state index is 6.08. The van der Waals surface area contributed by atoms with Gasteiger partial charge in [-0.15, -0.1) is 0 Å². The molecule has 0 fully saturated rings. The van der Waals surface area contributed by atoms with Crippen LogP contribution in [0.1, 0.15) is 5.56 Å². The standard InChI is InChI=1S/C13H10BrCl2NO/c14-10-5-4-9(17)6-12(10)18-7-8-2-1-3-11(15)13(8)16/h1-6H,7,17H2. The number of nitrogen functional groups attached to an aromatic ring is 1. The molecular weight excluding hydrogens is 337 g/mol. The van der Waals surface area contributed by atoms with E-state index in [1.54, 1.807) is 18.2 Å². The Bertz CT molecular complexity index is 573. The average molecular weight is 347 g/mol. The van der Waals surface area contributed by atoms with Gasteiger partial charge in [-0.3, -0.25) is 0 Å². The smallest absolute Gasteiger partial charge is 0.136 e. The summed E-state index contributed by atoms with van der Waals surface area (Å²) in [6, 6.07) is 10.8. The Morgan fingerprint density at radius 2 is 1.94 bits per heavy atom. The molecule has 18 heavy (non-hydrogen) atoms. The number of halogens is 3. The van der Waals surface area contributed by atoms with E-state index < -0.39 is 0 Å². The van der Waals surface area contributed by atoms with E-state index in [1.165, 1.54) is 0 Å². The van der Waals surface area contributed by atoms with Gasteiger partial charge in [0, 0.05) is 17.3 Å². The van der Waals surface area contributed by atoms with Gasteiger partial charge in [0.2, 0.25) is 0 Å². The van der Waals surface area contributed by atoms with Crippen molar-refractivity contribution in [3.63, 3.8) is 0 Å². The van der Waals surface area contributed by atoms with E-state index in [9.17, 15) is 0 Å². The Hall–Kier alpha value is -0.900. The number of hydrogen-bond donors (Lipinski definition) is 1. The number of hydrogen-bond acceptors (Lipinski definition) is 2. The zero-order valence-corrected chi connectivity index (χ0v) is 12.4. The summed E-state index contributed by atoms with van der Waals surface area (Å²) in [5.41, 5.74) is 7.18. The molecule has 0 saturated carbocycles. The molecule has 0 bridgehead atoms. The summed E-state index contributed by atoms with van der Waals surface area (Å²) >= 11 is 15.4. The lowest BCUT2D eigenvalue weighted by Gasteiger charge is -2.10. The first-order valence-corrected chi connectivity index (χ1v) is 6.73. The van der Waals surface area contributed by atoms with Crippen LogP contribution >= 0.6 is 39.1 Å². The first-order valence-electron chi connectivity index (χ1n) is 5.18. The molecule has 0 unspecified atom stereocenters. The van der Waals surface area contributed by atoms with Crippen molar-refractivity contribution >= 4 is 44.8 Å². The topological polar surface area (TPSA) is 35.2 Å². The SMILES string of the molecule is Nc1ccc(Br)c(OCc2cccc(Cl)c2Cl)c1. The normalized spacial score (nSPS) is 10.4. The van der Waals surface area contributed by atoms with Crippen LogP contribution < -0.4 is 10.5 Å². The molecule has 0 aromatic heterocycles. The molecule has 0 atom stereocenters. The van der Waals surface area contributed by atoms with Gasteiger partial charge in [0.25, 0.3) is 0 Å². The number of anilines is 1. The molecule has 0 spiro atoms. The lowest BCUT2D eigenvalue weighted by molar-refractivity contribution is 0.304. The number of nitrogens with two attached hydrogens (primary N) is 1. The second-order valence-corrected chi connectivity index (χ2v) is 5.33. The van der Waals surface area contributed by atoms with Crippen LogP contribution in [0.25, 0.3) is 0 Å². The molecular formula is C13H10BrCl2NO. The van der Waals surface area contributed by atoms with E-state index in [-0.39, 0.29) is 0 Å². The van der Waals surface area contributed by atoms with Crippen molar-refractivity contribution in [2.24, 2.45) is 0 Å². The molecule has 5 heteroatoms. The fraction of sp³-hybridized carbons (Fsp3) is 0.0769. The summed E-state index contributed by atoms with van der Waals surface area (Å²) in [5, 5.41) is 1.03. The van der Waals surface area contributed by atoms with E-state index in [1.807, 2.05) is 18.2 Å². The molecule has 0 saturated heterocycles. The van der Waals surface area contributed by atoms with Crippen LogP contribution in [0.2, 0.25) is 10.0 Å².